The van der Waals surface area contributed by atoms with Gasteiger partial charge in [-0.3, -0.25) is 0 Å². The van der Waals surface area contributed by atoms with Gasteiger partial charge in [-0.05, 0) is 77.1 Å². The maximum absolute atomic E-state index is 5.15. The number of aromatic nitrogens is 5. The van der Waals surface area contributed by atoms with Crippen LogP contribution in [0.15, 0.2) is 140 Å². The normalized spacial score (nSPS) is 16.0. The Hall–Kier alpha value is -6.59. The van der Waals surface area contributed by atoms with Crippen LogP contribution in [0.25, 0.3) is 83.3 Å². The number of hydrogen-bond acceptors (Lipinski definition) is 3. The van der Waals surface area contributed by atoms with E-state index in [0.717, 1.165) is 35.4 Å². The van der Waals surface area contributed by atoms with Crippen molar-refractivity contribution in [1.29, 1.82) is 0 Å². The predicted molar refractivity (Wildman–Crippen MR) is 230 cm³/mol. The van der Waals surface area contributed by atoms with Crippen LogP contribution >= 0.6 is 0 Å². The van der Waals surface area contributed by atoms with Gasteiger partial charge < -0.3 is 9.13 Å². The molecule has 3 aromatic heterocycles. The number of fused-ring (bicyclic) bond motifs is 11. The molecule has 1 aliphatic carbocycles. The van der Waals surface area contributed by atoms with Crippen molar-refractivity contribution in [3.05, 3.63) is 168 Å². The zero-order valence-electron chi connectivity index (χ0n) is 31.9. The first-order valence-corrected chi connectivity index (χ1v) is 19.8. The van der Waals surface area contributed by atoms with Gasteiger partial charge in [0.05, 0.1) is 33.4 Å². The highest BCUT2D eigenvalue weighted by Crippen LogP contribution is 2.56. The highest BCUT2D eigenvalue weighted by Gasteiger charge is 2.42. The van der Waals surface area contributed by atoms with Crippen molar-refractivity contribution in [1.82, 2.24) is 24.1 Å². The van der Waals surface area contributed by atoms with Gasteiger partial charge in [0.15, 0.2) is 17.5 Å². The van der Waals surface area contributed by atoms with E-state index in [4.69, 9.17) is 15.0 Å². The largest absolute Gasteiger partial charge is 0.309 e. The van der Waals surface area contributed by atoms with E-state index in [1.165, 1.54) is 77.2 Å². The standard InChI is InChI=1S/C51H39N5/c1-50(2)36-22-12-14-25-41(36)55-39-24-13-11-20-34(39)43-44-42(29-38(50)46(43)55)56-40-27-26-32(28-35(40)33-21-15-23-37(45(33)56)51(44,3)4)49-53-47(30-16-7-5-8-17-30)52-48(54-49)31-18-9-6-10-19-31/h5-9,11-18,20-29H,10,19H2,1-4H3. The molecule has 5 heteroatoms. The van der Waals surface area contributed by atoms with Crippen LogP contribution in [0.5, 0.6) is 0 Å². The molecule has 0 unspecified atom stereocenters. The summed E-state index contributed by atoms with van der Waals surface area (Å²) in [6, 6.07) is 44.5. The molecule has 0 saturated carbocycles. The van der Waals surface area contributed by atoms with Crippen molar-refractivity contribution < 1.29 is 0 Å². The molecule has 12 rings (SSSR count). The van der Waals surface area contributed by atoms with Crippen molar-refractivity contribution >= 4 is 49.2 Å². The first-order valence-electron chi connectivity index (χ1n) is 19.8. The number of benzene rings is 6. The molecule has 0 amide bonds. The summed E-state index contributed by atoms with van der Waals surface area (Å²) in [5, 5.41) is 5.11. The summed E-state index contributed by atoms with van der Waals surface area (Å²) in [6.45, 7) is 9.65. The van der Waals surface area contributed by atoms with Crippen LogP contribution in [-0.2, 0) is 10.8 Å². The summed E-state index contributed by atoms with van der Waals surface area (Å²) in [4.78, 5) is 15.3. The van der Waals surface area contributed by atoms with Gasteiger partial charge in [0.25, 0.3) is 0 Å². The topological polar surface area (TPSA) is 48.5 Å². The van der Waals surface area contributed by atoms with Crippen LogP contribution < -0.4 is 0 Å². The average molecular weight is 722 g/mol. The molecule has 0 radical (unpaired) electrons. The van der Waals surface area contributed by atoms with Crippen molar-refractivity contribution in [2.45, 2.75) is 51.4 Å². The van der Waals surface area contributed by atoms with E-state index in [0.29, 0.717) is 11.6 Å². The summed E-state index contributed by atoms with van der Waals surface area (Å²) in [5.41, 5.74) is 15.7. The summed E-state index contributed by atoms with van der Waals surface area (Å²) in [7, 11) is 0. The molecule has 0 bridgehead atoms. The van der Waals surface area contributed by atoms with E-state index in [1.54, 1.807) is 0 Å². The molecule has 6 aromatic carbocycles. The van der Waals surface area contributed by atoms with E-state index in [-0.39, 0.29) is 10.8 Å². The Morgan fingerprint density at radius 2 is 1.21 bits per heavy atom. The Balaban J connectivity index is 1.16. The molecule has 0 N–H and O–H groups in total. The number of rotatable bonds is 3. The maximum atomic E-state index is 5.15. The minimum Gasteiger partial charge on any atom is -0.309 e. The van der Waals surface area contributed by atoms with Crippen LogP contribution in [0, 0.1) is 0 Å². The first kappa shape index (κ1) is 31.7. The van der Waals surface area contributed by atoms with Crippen LogP contribution in [0.1, 0.15) is 68.6 Å². The fourth-order valence-corrected chi connectivity index (χ4v) is 10.3. The third kappa shape index (κ3) is 4.07. The lowest BCUT2D eigenvalue weighted by Gasteiger charge is -2.39. The summed E-state index contributed by atoms with van der Waals surface area (Å²) < 4.78 is 5.11. The molecular formula is C51H39N5. The SMILES string of the molecule is CC1(C)c2c(cc3c4c2c2ccccc2n4-c2ccccc2C3(C)C)-n2c3ccc(-c4nc(C5=CC=CCC5)nc(-c5ccccc5)n4)cc3c3cccc1c32. The van der Waals surface area contributed by atoms with Crippen molar-refractivity contribution in [3.8, 4) is 34.2 Å². The third-order valence-corrected chi connectivity index (χ3v) is 13.0. The lowest BCUT2D eigenvalue weighted by Crippen LogP contribution is -2.30. The highest BCUT2D eigenvalue weighted by atomic mass is 15.0. The van der Waals surface area contributed by atoms with Gasteiger partial charge in [0, 0.05) is 43.5 Å². The van der Waals surface area contributed by atoms with E-state index >= 15 is 0 Å². The second kappa shape index (κ2) is 11.0. The fourth-order valence-electron chi connectivity index (χ4n) is 10.3. The first-order chi connectivity index (χ1) is 27.3. The van der Waals surface area contributed by atoms with Crippen molar-refractivity contribution in [2.75, 3.05) is 0 Å². The lowest BCUT2D eigenvalue weighted by atomic mass is 9.69. The van der Waals surface area contributed by atoms with Gasteiger partial charge in [-0.1, -0.05) is 131 Å². The molecule has 9 aromatic rings. The van der Waals surface area contributed by atoms with E-state index in [1.807, 2.05) is 18.2 Å². The van der Waals surface area contributed by atoms with E-state index < -0.39 is 0 Å². The molecule has 0 spiro atoms. The second-order valence-corrected chi connectivity index (χ2v) is 16.8. The smallest absolute Gasteiger partial charge is 0.164 e. The Morgan fingerprint density at radius 3 is 2.05 bits per heavy atom. The Morgan fingerprint density at radius 1 is 0.518 bits per heavy atom. The van der Waals surface area contributed by atoms with Gasteiger partial charge >= 0.3 is 0 Å². The summed E-state index contributed by atoms with van der Waals surface area (Å²) in [6.07, 6.45) is 8.35. The molecule has 268 valence electrons. The van der Waals surface area contributed by atoms with Gasteiger partial charge in [0.2, 0.25) is 0 Å². The summed E-state index contributed by atoms with van der Waals surface area (Å²) in [5.74, 6) is 2.14. The quantitative estimate of drug-likeness (QED) is 0.182. The molecule has 0 fully saturated rings. The Bertz CT molecular complexity index is 3240. The molecule has 56 heavy (non-hydrogen) atoms. The molecule has 5 heterocycles. The zero-order valence-corrected chi connectivity index (χ0v) is 31.9. The fraction of sp³-hybridized carbons (Fsp3) is 0.157. The zero-order chi connectivity index (χ0) is 37.5. The van der Waals surface area contributed by atoms with Gasteiger partial charge in [-0.2, -0.15) is 0 Å². The van der Waals surface area contributed by atoms with Crippen LogP contribution in [0.2, 0.25) is 0 Å². The maximum Gasteiger partial charge on any atom is 0.164 e. The number of allylic oxidation sites excluding steroid dienone is 4. The highest BCUT2D eigenvalue weighted by molar-refractivity contribution is 6.18. The minimum absolute atomic E-state index is 0.207. The number of hydrogen-bond donors (Lipinski definition) is 0. The minimum atomic E-state index is -0.271. The predicted octanol–water partition coefficient (Wildman–Crippen LogP) is 12.4. The van der Waals surface area contributed by atoms with Crippen LogP contribution in [0.3, 0.4) is 0 Å². The molecule has 0 atom stereocenters. The van der Waals surface area contributed by atoms with Gasteiger partial charge in [0.1, 0.15) is 0 Å². The number of para-hydroxylation sites is 3. The molecular weight excluding hydrogens is 683 g/mol. The number of nitrogens with zero attached hydrogens (tertiary/aromatic N) is 5. The Kier molecular flexibility index (Phi) is 6.24. The van der Waals surface area contributed by atoms with Gasteiger partial charge in [-0.15, -0.1) is 0 Å². The Labute approximate surface area is 325 Å². The monoisotopic (exact) mass is 721 g/mol. The van der Waals surface area contributed by atoms with E-state index in [2.05, 4.69) is 158 Å². The molecule has 2 aliphatic heterocycles. The van der Waals surface area contributed by atoms with Crippen LogP contribution in [-0.4, -0.2) is 24.1 Å². The third-order valence-electron chi connectivity index (χ3n) is 13.0. The van der Waals surface area contributed by atoms with E-state index in [9.17, 15) is 0 Å². The van der Waals surface area contributed by atoms with Gasteiger partial charge in [-0.25, -0.2) is 15.0 Å². The van der Waals surface area contributed by atoms with Crippen molar-refractivity contribution in [3.63, 3.8) is 0 Å². The van der Waals surface area contributed by atoms with Crippen molar-refractivity contribution in [2.24, 2.45) is 0 Å². The lowest BCUT2D eigenvalue weighted by molar-refractivity contribution is 0.618. The second-order valence-electron chi connectivity index (χ2n) is 16.8. The average Bonchev–Trinajstić information content (AvgIpc) is 3.76. The van der Waals surface area contributed by atoms with Crippen LogP contribution in [0.4, 0.5) is 0 Å². The molecule has 0 saturated heterocycles. The molecule has 3 aliphatic rings. The molecule has 5 nitrogen and oxygen atoms in total. The summed E-state index contributed by atoms with van der Waals surface area (Å²) >= 11 is 0.